The minimum absolute atomic E-state index is 0.246. The van der Waals surface area contributed by atoms with Crippen molar-refractivity contribution in [3.05, 3.63) is 91.5 Å². The second-order valence-electron chi connectivity index (χ2n) is 8.76. The van der Waals surface area contributed by atoms with Crippen molar-refractivity contribution in [2.24, 2.45) is 7.05 Å². The van der Waals surface area contributed by atoms with Crippen LogP contribution < -0.4 is 15.4 Å². The maximum absolute atomic E-state index is 11.7. The molecule has 8 heteroatoms. The van der Waals surface area contributed by atoms with E-state index in [1.54, 1.807) is 18.7 Å². The minimum Gasteiger partial charge on any atom is -0.456 e. The molecule has 1 aliphatic heterocycles. The molecule has 3 aromatic heterocycles. The molecule has 0 fully saturated rings. The van der Waals surface area contributed by atoms with Crippen LogP contribution in [-0.4, -0.2) is 32.0 Å². The van der Waals surface area contributed by atoms with Crippen LogP contribution in [0.25, 0.3) is 33.4 Å². The number of anilines is 2. The fraction of sp³-hybridized carbons (Fsp3) is 0.103. The van der Waals surface area contributed by atoms with Crippen LogP contribution in [-0.2, 0) is 18.3 Å². The van der Waals surface area contributed by atoms with Crippen molar-refractivity contribution in [1.82, 2.24) is 19.5 Å². The number of benzene rings is 2. The van der Waals surface area contributed by atoms with E-state index in [9.17, 15) is 4.79 Å². The summed E-state index contributed by atoms with van der Waals surface area (Å²) in [4.78, 5) is 25.1. The minimum atomic E-state index is -0.246. The molecule has 0 aliphatic carbocycles. The van der Waals surface area contributed by atoms with E-state index in [1.807, 2.05) is 49.5 Å². The van der Waals surface area contributed by atoms with Gasteiger partial charge in [-0.1, -0.05) is 24.8 Å². The Kier molecular flexibility index (Phi) is 5.61. The van der Waals surface area contributed by atoms with Gasteiger partial charge in [0.2, 0.25) is 5.91 Å². The van der Waals surface area contributed by atoms with Gasteiger partial charge in [-0.25, -0.2) is 9.97 Å². The molecule has 1 amide bonds. The predicted octanol–water partition coefficient (Wildman–Crippen LogP) is 5.58. The quantitative estimate of drug-likeness (QED) is 0.314. The number of hydrogen-bond acceptors (Lipinski definition) is 6. The number of nitrogens with one attached hydrogen (secondary N) is 2. The van der Waals surface area contributed by atoms with Crippen LogP contribution in [0.5, 0.6) is 11.5 Å². The summed E-state index contributed by atoms with van der Waals surface area (Å²) < 4.78 is 8.18. The Labute approximate surface area is 213 Å². The van der Waals surface area contributed by atoms with Gasteiger partial charge in [0.1, 0.15) is 29.3 Å². The predicted molar refractivity (Wildman–Crippen MR) is 145 cm³/mol. The van der Waals surface area contributed by atoms with Crippen LogP contribution >= 0.6 is 0 Å². The number of carbonyl (C=O) groups excluding carboxylic acids is 1. The lowest BCUT2D eigenvalue weighted by Gasteiger charge is -2.18. The molecule has 0 spiro atoms. The second kappa shape index (κ2) is 9.23. The van der Waals surface area contributed by atoms with Gasteiger partial charge in [-0.2, -0.15) is 0 Å². The Morgan fingerprint density at radius 3 is 2.78 bits per heavy atom. The van der Waals surface area contributed by atoms with E-state index >= 15 is 0 Å². The standard InChI is InChI=1S/C29H24N6O2/c1-3-24(36)34-20-8-6-18(7-9-20)27-25-23-11-10-21(37-22-5-4-13-30-16-22)15-19(23)12-14-31-28-26(25)29(35(27)2)33-17-32-28/h3-11,13,15-17H,1,12,14H2,2H3,(H,34,36)(H,31,32,33). The van der Waals surface area contributed by atoms with Gasteiger partial charge in [0.15, 0.2) is 0 Å². The summed E-state index contributed by atoms with van der Waals surface area (Å²) in [6, 6.07) is 17.7. The van der Waals surface area contributed by atoms with Crippen molar-refractivity contribution in [2.45, 2.75) is 6.42 Å². The molecule has 1 aliphatic rings. The average molecular weight is 489 g/mol. The van der Waals surface area contributed by atoms with E-state index in [2.05, 4.69) is 48.9 Å². The van der Waals surface area contributed by atoms with Crippen molar-refractivity contribution in [1.29, 1.82) is 0 Å². The van der Waals surface area contributed by atoms with Crippen LogP contribution in [0.2, 0.25) is 0 Å². The number of carbonyl (C=O) groups is 1. The molecule has 2 aromatic carbocycles. The smallest absolute Gasteiger partial charge is 0.247 e. The molecule has 0 saturated carbocycles. The van der Waals surface area contributed by atoms with Gasteiger partial charge in [0, 0.05) is 31.0 Å². The van der Waals surface area contributed by atoms with Gasteiger partial charge in [0.25, 0.3) is 0 Å². The molecule has 37 heavy (non-hydrogen) atoms. The molecular weight excluding hydrogens is 464 g/mol. The highest BCUT2D eigenvalue weighted by Gasteiger charge is 2.25. The Morgan fingerprint density at radius 1 is 1.14 bits per heavy atom. The normalized spacial score (nSPS) is 12.1. The molecule has 8 nitrogen and oxygen atoms in total. The number of rotatable bonds is 5. The highest BCUT2D eigenvalue weighted by Crippen LogP contribution is 2.45. The summed E-state index contributed by atoms with van der Waals surface area (Å²) in [5.41, 5.74) is 6.90. The second-order valence-corrected chi connectivity index (χ2v) is 8.76. The van der Waals surface area contributed by atoms with E-state index in [1.165, 1.54) is 6.08 Å². The van der Waals surface area contributed by atoms with Gasteiger partial charge in [-0.3, -0.25) is 9.78 Å². The first-order valence-corrected chi connectivity index (χ1v) is 11.9. The maximum atomic E-state index is 11.7. The highest BCUT2D eigenvalue weighted by atomic mass is 16.5. The fourth-order valence-electron chi connectivity index (χ4n) is 4.84. The lowest BCUT2D eigenvalue weighted by atomic mass is 9.92. The molecule has 0 unspecified atom stereocenters. The highest BCUT2D eigenvalue weighted by molar-refractivity contribution is 6.09. The first-order chi connectivity index (χ1) is 18.1. The molecular formula is C29H24N6O2. The summed E-state index contributed by atoms with van der Waals surface area (Å²) in [7, 11) is 2.02. The first-order valence-electron chi connectivity index (χ1n) is 11.9. The number of amides is 1. The number of fused-ring (bicyclic) bond motifs is 2. The van der Waals surface area contributed by atoms with Gasteiger partial charge in [0.05, 0.1) is 17.3 Å². The summed E-state index contributed by atoms with van der Waals surface area (Å²) in [5.74, 6) is 2.02. The van der Waals surface area contributed by atoms with Crippen molar-refractivity contribution in [3.8, 4) is 33.9 Å². The van der Waals surface area contributed by atoms with E-state index in [-0.39, 0.29) is 5.91 Å². The summed E-state index contributed by atoms with van der Waals surface area (Å²) in [6.45, 7) is 4.25. The third-order valence-corrected chi connectivity index (χ3v) is 6.48. The zero-order valence-corrected chi connectivity index (χ0v) is 20.2. The number of pyridine rings is 1. The third-order valence-electron chi connectivity index (χ3n) is 6.48. The maximum Gasteiger partial charge on any atom is 0.247 e. The van der Waals surface area contributed by atoms with Crippen LogP contribution in [0.15, 0.2) is 86.0 Å². The zero-order valence-electron chi connectivity index (χ0n) is 20.2. The fourth-order valence-corrected chi connectivity index (χ4v) is 4.84. The van der Waals surface area contributed by atoms with Crippen molar-refractivity contribution >= 4 is 28.4 Å². The molecule has 6 rings (SSSR count). The zero-order chi connectivity index (χ0) is 25.4. The lowest BCUT2D eigenvalue weighted by molar-refractivity contribution is -0.111. The van der Waals surface area contributed by atoms with Gasteiger partial charge in [-0.15, -0.1) is 0 Å². The van der Waals surface area contributed by atoms with E-state index in [0.717, 1.165) is 63.5 Å². The number of hydrogen-bond donors (Lipinski definition) is 2. The van der Waals surface area contributed by atoms with E-state index in [4.69, 9.17) is 4.74 Å². The number of aryl methyl sites for hydroxylation is 1. The molecule has 2 N–H and O–H groups in total. The number of ether oxygens (including phenoxy) is 1. The Hall–Kier alpha value is -4.98. The Bertz CT molecular complexity index is 1640. The Morgan fingerprint density at radius 2 is 2.00 bits per heavy atom. The van der Waals surface area contributed by atoms with Crippen LogP contribution in [0.3, 0.4) is 0 Å². The third kappa shape index (κ3) is 4.08. The van der Waals surface area contributed by atoms with Crippen molar-refractivity contribution < 1.29 is 9.53 Å². The summed E-state index contributed by atoms with van der Waals surface area (Å²) >= 11 is 0. The molecule has 0 saturated heterocycles. The van der Waals surface area contributed by atoms with Crippen LogP contribution in [0.4, 0.5) is 11.5 Å². The van der Waals surface area contributed by atoms with E-state index < -0.39 is 0 Å². The molecule has 182 valence electrons. The molecule has 0 radical (unpaired) electrons. The lowest BCUT2D eigenvalue weighted by Crippen LogP contribution is -2.10. The molecule has 5 aromatic rings. The molecule has 4 heterocycles. The van der Waals surface area contributed by atoms with Gasteiger partial charge in [-0.05, 0) is 65.6 Å². The largest absolute Gasteiger partial charge is 0.456 e. The van der Waals surface area contributed by atoms with Crippen LogP contribution in [0, 0.1) is 0 Å². The Balaban J connectivity index is 1.52. The average Bonchev–Trinajstić information content (AvgIpc) is 3.21. The first kappa shape index (κ1) is 22.5. The van der Waals surface area contributed by atoms with Gasteiger partial charge >= 0.3 is 0 Å². The molecule has 0 atom stereocenters. The van der Waals surface area contributed by atoms with Crippen molar-refractivity contribution in [2.75, 3.05) is 17.2 Å². The summed E-state index contributed by atoms with van der Waals surface area (Å²) in [6.07, 6.45) is 7.07. The van der Waals surface area contributed by atoms with Gasteiger partial charge < -0.3 is 19.9 Å². The summed E-state index contributed by atoms with van der Waals surface area (Å²) in [5, 5.41) is 7.28. The van der Waals surface area contributed by atoms with Crippen LogP contribution in [0.1, 0.15) is 5.56 Å². The topological polar surface area (TPSA) is 94.0 Å². The number of nitrogens with zero attached hydrogens (tertiary/aromatic N) is 4. The molecule has 0 bridgehead atoms. The van der Waals surface area contributed by atoms with Crippen molar-refractivity contribution in [3.63, 3.8) is 0 Å². The number of aromatic nitrogens is 4. The monoisotopic (exact) mass is 488 g/mol. The van der Waals surface area contributed by atoms with E-state index in [0.29, 0.717) is 11.4 Å². The SMILES string of the molecule is C=CC(=O)Nc1ccc(-c2c3c4c(ncnc4n2C)NCCc2cc(Oc4cccnc4)ccc2-3)cc1.